The number of para-hydroxylation sites is 1. The summed E-state index contributed by atoms with van der Waals surface area (Å²) in [4.78, 5) is 12.6. The van der Waals surface area contributed by atoms with Crippen LogP contribution in [0, 0.1) is 25.5 Å². The molecule has 32 heavy (non-hydrogen) atoms. The minimum atomic E-state index is -0.689. The van der Waals surface area contributed by atoms with E-state index in [1.54, 1.807) is 13.0 Å². The molecule has 4 rings (SSSR count). The molecule has 0 amide bonds. The molecule has 0 saturated heterocycles. The first-order chi connectivity index (χ1) is 15.2. The van der Waals surface area contributed by atoms with Crippen LogP contribution in [0.15, 0.2) is 61.3 Å². The average Bonchev–Trinajstić information content (AvgIpc) is 2.74. The summed E-state index contributed by atoms with van der Waals surface area (Å²) in [6.45, 7) is 11.9. The molecule has 2 heterocycles. The third kappa shape index (κ3) is 3.58. The summed E-state index contributed by atoms with van der Waals surface area (Å²) >= 11 is 0. The zero-order chi connectivity index (χ0) is 23.2. The Morgan fingerprint density at radius 1 is 1.00 bits per heavy atom. The van der Waals surface area contributed by atoms with E-state index in [1.807, 2.05) is 50.2 Å². The van der Waals surface area contributed by atoms with Crippen molar-refractivity contribution in [3.8, 4) is 11.3 Å². The van der Waals surface area contributed by atoms with Crippen molar-refractivity contribution in [1.29, 1.82) is 0 Å². The second kappa shape index (κ2) is 8.04. The number of aryl methyl sites for hydroxylation is 2. The van der Waals surface area contributed by atoms with Crippen LogP contribution in [0.3, 0.4) is 0 Å². The van der Waals surface area contributed by atoms with Crippen LogP contribution in [-0.2, 0) is 0 Å². The van der Waals surface area contributed by atoms with Gasteiger partial charge in [-0.25, -0.2) is 18.7 Å². The lowest BCUT2D eigenvalue weighted by molar-refractivity contribution is 0.584. The Kier molecular flexibility index (Phi) is 5.38. The van der Waals surface area contributed by atoms with Crippen LogP contribution < -0.4 is 4.90 Å². The van der Waals surface area contributed by atoms with E-state index in [0.29, 0.717) is 28.6 Å². The third-order valence-electron chi connectivity index (χ3n) is 5.51. The molecule has 1 aliphatic rings. The number of benzene rings is 2. The first-order valence-corrected chi connectivity index (χ1v) is 10.2. The lowest BCUT2D eigenvalue weighted by Gasteiger charge is -2.30. The van der Waals surface area contributed by atoms with Gasteiger partial charge in [-0.15, -0.1) is 0 Å². The molecule has 0 N–H and O–H groups in total. The van der Waals surface area contributed by atoms with Crippen molar-refractivity contribution in [2.45, 2.75) is 13.8 Å². The van der Waals surface area contributed by atoms with Gasteiger partial charge in [-0.3, -0.25) is 4.90 Å². The van der Waals surface area contributed by atoms with Crippen LogP contribution >= 0.6 is 0 Å². The molecule has 1 aromatic heterocycles. The van der Waals surface area contributed by atoms with Crippen LogP contribution in [0.5, 0.6) is 0 Å². The molecule has 3 aromatic rings. The van der Waals surface area contributed by atoms with Crippen LogP contribution in [0.4, 0.5) is 20.3 Å². The standard InChI is InChI=1S/C26H24F2N4/c1-15-10-12-19(17(3)31(5)6)14-21(15)24-20-13-11-16(2)32(26(20)30-18(4)29-24)25-22(27)8-7-9-23(25)28/h7-14H,2-3H2,1,4-6H3. The lowest BCUT2D eigenvalue weighted by atomic mass is 9.96. The second-order valence-electron chi connectivity index (χ2n) is 7.96. The van der Waals surface area contributed by atoms with Crippen molar-refractivity contribution in [3.63, 3.8) is 0 Å². The fraction of sp³-hybridized carbons (Fsp3) is 0.154. The fourth-order valence-electron chi connectivity index (χ4n) is 3.75. The van der Waals surface area contributed by atoms with Crippen molar-refractivity contribution in [2.75, 3.05) is 19.0 Å². The Balaban J connectivity index is 1.97. The van der Waals surface area contributed by atoms with Gasteiger partial charge in [0.25, 0.3) is 0 Å². The largest absolute Gasteiger partial charge is 0.378 e. The zero-order valence-corrected chi connectivity index (χ0v) is 18.6. The van der Waals surface area contributed by atoms with E-state index in [2.05, 4.69) is 18.1 Å². The monoisotopic (exact) mass is 430 g/mol. The fourth-order valence-corrected chi connectivity index (χ4v) is 3.75. The van der Waals surface area contributed by atoms with Gasteiger partial charge in [-0.1, -0.05) is 31.4 Å². The third-order valence-corrected chi connectivity index (χ3v) is 5.51. The Morgan fingerprint density at radius 3 is 2.34 bits per heavy atom. The molecule has 162 valence electrons. The average molecular weight is 431 g/mol. The summed E-state index contributed by atoms with van der Waals surface area (Å²) in [6, 6.07) is 9.84. The van der Waals surface area contributed by atoms with E-state index in [0.717, 1.165) is 22.4 Å². The lowest BCUT2D eigenvalue weighted by Crippen LogP contribution is -2.23. The number of aromatic nitrogens is 2. The van der Waals surface area contributed by atoms with Gasteiger partial charge in [0.1, 0.15) is 29.0 Å². The summed E-state index contributed by atoms with van der Waals surface area (Å²) in [5.74, 6) is -0.503. The van der Waals surface area contributed by atoms with Crippen molar-refractivity contribution in [3.05, 3.63) is 95.5 Å². The molecule has 0 bridgehead atoms. The van der Waals surface area contributed by atoms with Gasteiger partial charge in [0.15, 0.2) is 0 Å². The highest BCUT2D eigenvalue weighted by molar-refractivity contribution is 5.88. The van der Waals surface area contributed by atoms with E-state index < -0.39 is 11.6 Å². The van der Waals surface area contributed by atoms with E-state index in [4.69, 9.17) is 4.98 Å². The van der Waals surface area contributed by atoms with Gasteiger partial charge in [0.2, 0.25) is 0 Å². The van der Waals surface area contributed by atoms with Crippen molar-refractivity contribution < 1.29 is 8.78 Å². The molecule has 0 unspecified atom stereocenters. The summed E-state index contributed by atoms with van der Waals surface area (Å²) in [6.07, 6.45) is 3.56. The number of fused-ring (bicyclic) bond motifs is 1. The van der Waals surface area contributed by atoms with Crippen LogP contribution in [-0.4, -0.2) is 29.0 Å². The maximum atomic E-state index is 14.7. The molecule has 1 aliphatic heterocycles. The van der Waals surface area contributed by atoms with Crippen LogP contribution in [0.25, 0.3) is 23.0 Å². The first-order valence-electron chi connectivity index (χ1n) is 10.2. The highest BCUT2D eigenvalue weighted by atomic mass is 19.1. The molecule has 0 saturated carbocycles. The molecular weight excluding hydrogens is 406 g/mol. The summed E-state index contributed by atoms with van der Waals surface area (Å²) in [5, 5.41) is 0. The first kappa shape index (κ1) is 21.4. The molecular formula is C26H24F2N4. The molecule has 0 fully saturated rings. The van der Waals surface area contributed by atoms with Crippen LogP contribution in [0.1, 0.15) is 22.5 Å². The smallest absolute Gasteiger partial charge is 0.150 e. The van der Waals surface area contributed by atoms with Crippen LogP contribution in [0.2, 0.25) is 0 Å². The molecule has 0 radical (unpaired) electrons. The van der Waals surface area contributed by atoms with E-state index in [1.165, 1.54) is 23.1 Å². The number of rotatable bonds is 4. The Bertz CT molecular complexity index is 1270. The number of allylic oxidation sites excluding steroid dienone is 1. The number of nitrogens with zero attached hydrogens (tertiary/aromatic N) is 4. The predicted octanol–water partition coefficient (Wildman–Crippen LogP) is 6.25. The van der Waals surface area contributed by atoms with E-state index in [9.17, 15) is 8.78 Å². The SMILES string of the molecule is C=C(c1ccc(C)c(-c2nc(C)nc3c2C=CC(=C)N3c2c(F)cccc2F)c1)N(C)C. The van der Waals surface area contributed by atoms with Gasteiger partial charge >= 0.3 is 0 Å². The number of hydrogen-bond donors (Lipinski definition) is 0. The quantitative estimate of drug-likeness (QED) is 0.490. The maximum Gasteiger partial charge on any atom is 0.150 e. The Hall–Kier alpha value is -3.80. The van der Waals surface area contributed by atoms with Crippen molar-refractivity contribution in [2.24, 2.45) is 0 Å². The molecule has 0 aliphatic carbocycles. The second-order valence-corrected chi connectivity index (χ2v) is 7.96. The minimum absolute atomic E-state index is 0.210. The molecule has 2 aromatic carbocycles. The highest BCUT2D eigenvalue weighted by Crippen LogP contribution is 2.42. The number of hydrogen-bond acceptors (Lipinski definition) is 4. The maximum absolute atomic E-state index is 14.7. The Labute approximate surface area is 186 Å². The number of anilines is 2. The number of halogens is 2. The van der Waals surface area contributed by atoms with Gasteiger partial charge < -0.3 is 4.90 Å². The zero-order valence-electron chi connectivity index (χ0n) is 18.6. The summed E-state index contributed by atoms with van der Waals surface area (Å²) < 4.78 is 29.4. The molecule has 0 atom stereocenters. The van der Waals surface area contributed by atoms with E-state index >= 15 is 0 Å². The van der Waals surface area contributed by atoms with Gasteiger partial charge in [0.05, 0.1) is 5.69 Å². The predicted molar refractivity (Wildman–Crippen MR) is 126 cm³/mol. The minimum Gasteiger partial charge on any atom is -0.378 e. The van der Waals surface area contributed by atoms with Gasteiger partial charge in [0, 0.05) is 36.6 Å². The summed E-state index contributed by atoms with van der Waals surface area (Å²) in [7, 11) is 3.88. The van der Waals surface area contributed by atoms with Crippen molar-refractivity contribution in [1.82, 2.24) is 14.9 Å². The highest BCUT2D eigenvalue weighted by Gasteiger charge is 2.28. The Morgan fingerprint density at radius 2 is 1.69 bits per heavy atom. The van der Waals surface area contributed by atoms with Crippen molar-refractivity contribution >= 4 is 23.3 Å². The molecule has 4 nitrogen and oxygen atoms in total. The topological polar surface area (TPSA) is 32.3 Å². The summed E-state index contributed by atoms with van der Waals surface area (Å²) in [5.41, 5.74) is 5.30. The van der Waals surface area contributed by atoms with Gasteiger partial charge in [-0.05, 0) is 55.3 Å². The molecule has 0 spiro atoms. The molecule has 6 heteroatoms. The van der Waals surface area contributed by atoms with Gasteiger partial charge in [-0.2, -0.15) is 0 Å². The normalized spacial score (nSPS) is 12.7. The van der Waals surface area contributed by atoms with E-state index in [-0.39, 0.29) is 5.69 Å².